The van der Waals surface area contributed by atoms with Gasteiger partial charge in [-0.1, -0.05) is 30.0 Å². The molecule has 1 aromatic rings. The van der Waals surface area contributed by atoms with Crippen LogP contribution in [-0.2, 0) is 9.53 Å². The van der Waals surface area contributed by atoms with Gasteiger partial charge in [-0.2, -0.15) is 10.3 Å². The van der Waals surface area contributed by atoms with Crippen molar-refractivity contribution in [3.05, 3.63) is 29.3 Å². The van der Waals surface area contributed by atoms with Gasteiger partial charge in [0.05, 0.1) is 11.6 Å². The number of carbonyl (C=O) groups is 1. The van der Waals surface area contributed by atoms with Gasteiger partial charge in [-0.15, -0.1) is 11.8 Å². The second-order valence-corrected chi connectivity index (χ2v) is 6.44. The van der Waals surface area contributed by atoms with E-state index < -0.39 is 0 Å². The zero-order valence-electron chi connectivity index (χ0n) is 13.1. The molecule has 0 saturated heterocycles. The SMILES string of the molecule is COCC(=O)N(CSC(=NC#N)SC)c1c(C)cccc1C. The Balaban J connectivity index is 3.07. The molecule has 0 N–H and O–H groups in total. The molecule has 1 rings (SSSR count). The van der Waals surface area contributed by atoms with Crippen molar-refractivity contribution in [1.29, 1.82) is 5.26 Å². The van der Waals surface area contributed by atoms with E-state index in [-0.39, 0.29) is 12.5 Å². The van der Waals surface area contributed by atoms with Crippen LogP contribution in [0.2, 0.25) is 0 Å². The quantitative estimate of drug-likeness (QED) is 0.357. The summed E-state index contributed by atoms with van der Waals surface area (Å²) in [5.74, 6) is 0.264. The molecular weight excluding hydrogens is 318 g/mol. The average Bonchev–Trinajstić information content (AvgIpc) is 2.49. The Hall–Kier alpha value is -1.49. The van der Waals surface area contributed by atoms with E-state index in [1.54, 1.807) is 11.1 Å². The highest BCUT2D eigenvalue weighted by atomic mass is 32.2. The number of carbonyl (C=O) groups excluding carboxylic acids is 1. The van der Waals surface area contributed by atoms with Crippen molar-refractivity contribution in [3.63, 3.8) is 0 Å². The van der Waals surface area contributed by atoms with E-state index >= 15 is 0 Å². The van der Waals surface area contributed by atoms with Crippen molar-refractivity contribution in [1.82, 2.24) is 0 Å². The molecule has 1 aromatic carbocycles. The molecule has 0 heterocycles. The van der Waals surface area contributed by atoms with E-state index in [0.717, 1.165) is 16.8 Å². The van der Waals surface area contributed by atoms with Crippen LogP contribution in [0.15, 0.2) is 23.2 Å². The Morgan fingerprint density at radius 3 is 2.55 bits per heavy atom. The van der Waals surface area contributed by atoms with Crippen LogP contribution in [-0.4, -0.2) is 36.1 Å². The second-order valence-electron chi connectivity index (χ2n) is 4.45. The third-order valence-electron chi connectivity index (χ3n) is 2.91. The minimum Gasteiger partial charge on any atom is -0.375 e. The molecule has 5 nitrogen and oxygen atoms in total. The highest BCUT2D eigenvalue weighted by molar-refractivity contribution is 8.38. The number of aryl methyl sites for hydroxylation is 2. The Morgan fingerprint density at radius 1 is 1.41 bits per heavy atom. The number of aliphatic imine (C=N–C) groups is 1. The summed E-state index contributed by atoms with van der Waals surface area (Å²) in [6, 6.07) is 5.91. The second kappa shape index (κ2) is 9.51. The van der Waals surface area contributed by atoms with E-state index in [1.165, 1.54) is 30.6 Å². The van der Waals surface area contributed by atoms with Crippen LogP contribution < -0.4 is 4.90 Å². The van der Waals surface area contributed by atoms with Crippen LogP contribution in [0.25, 0.3) is 0 Å². The van der Waals surface area contributed by atoms with Crippen LogP contribution in [0.5, 0.6) is 0 Å². The number of hydrogen-bond acceptors (Lipinski definition) is 6. The summed E-state index contributed by atoms with van der Waals surface area (Å²) in [5.41, 5.74) is 2.93. The number of methoxy groups -OCH3 is 1. The lowest BCUT2D eigenvalue weighted by Gasteiger charge is -2.25. The molecule has 0 aliphatic rings. The Kier molecular flexibility index (Phi) is 8.02. The topological polar surface area (TPSA) is 65.7 Å². The first kappa shape index (κ1) is 18.6. The monoisotopic (exact) mass is 337 g/mol. The highest BCUT2D eigenvalue weighted by Crippen LogP contribution is 2.27. The molecule has 1 amide bonds. The summed E-state index contributed by atoms with van der Waals surface area (Å²) in [4.78, 5) is 17.8. The number of rotatable bonds is 5. The summed E-state index contributed by atoms with van der Waals surface area (Å²) >= 11 is 2.75. The molecule has 0 saturated carbocycles. The largest absolute Gasteiger partial charge is 0.375 e. The lowest BCUT2D eigenvalue weighted by atomic mass is 10.1. The maximum Gasteiger partial charge on any atom is 0.253 e. The Labute approximate surface area is 139 Å². The van der Waals surface area contributed by atoms with E-state index in [9.17, 15) is 4.79 Å². The molecule has 0 fully saturated rings. The van der Waals surface area contributed by atoms with Gasteiger partial charge in [0, 0.05) is 7.11 Å². The highest BCUT2D eigenvalue weighted by Gasteiger charge is 2.20. The fourth-order valence-electron chi connectivity index (χ4n) is 1.99. The zero-order chi connectivity index (χ0) is 16.5. The summed E-state index contributed by atoms with van der Waals surface area (Å²) in [6.07, 6.45) is 3.63. The number of ether oxygens (including phenoxy) is 1. The maximum absolute atomic E-state index is 12.4. The number of para-hydroxylation sites is 1. The lowest BCUT2D eigenvalue weighted by molar-refractivity contribution is -0.121. The predicted molar refractivity (Wildman–Crippen MR) is 94.3 cm³/mol. The number of nitriles is 1. The fourth-order valence-corrected chi connectivity index (χ4v) is 3.37. The minimum absolute atomic E-state index is 0.0122. The smallest absolute Gasteiger partial charge is 0.253 e. The predicted octanol–water partition coefficient (Wildman–Crippen LogP) is 3.17. The summed E-state index contributed by atoms with van der Waals surface area (Å²) in [7, 11) is 1.50. The van der Waals surface area contributed by atoms with Gasteiger partial charge in [0.15, 0.2) is 0 Å². The van der Waals surface area contributed by atoms with Crippen molar-refractivity contribution < 1.29 is 9.53 Å². The van der Waals surface area contributed by atoms with Gasteiger partial charge in [-0.3, -0.25) is 9.69 Å². The number of hydrogen-bond donors (Lipinski definition) is 0. The van der Waals surface area contributed by atoms with Crippen LogP contribution in [0.4, 0.5) is 5.69 Å². The van der Waals surface area contributed by atoms with Gasteiger partial charge in [0.2, 0.25) is 6.19 Å². The number of nitrogens with zero attached hydrogens (tertiary/aromatic N) is 3. The molecule has 0 unspecified atom stereocenters. The first-order chi connectivity index (χ1) is 10.5. The van der Waals surface area contributed by atoms with E-state index in [4.69, 9.17) is 10.00 Å². The molecular formula is C15H19N3O2S2. The fraction of sp³-hybridized carbons (Fsp3) is 0.400. The van der Waals surface area contributed by atoms with Gasteiger partial charge in [0.1, 0.15) is 11.0 Å². The summed E-state index contributed by atoms with van der Waals surface area (Å²) < 4.78 is 5.61. The van der Waals surface area contributed by atoms with Crippen LogP contribution in [0.1, 0.15) is 11.1 Å². The van der Waals surface area contributed by atoms with Gasteiger partial charge >= 0.3 is 0 Å². The van der Waals surface area contributed by atoms with Crippen molar-refractivity contribution in [2.24, 2.45) is 4.99 Å². The molecule has 0 aromatic heterocycles. The van der Waals surface area contributed by atoms with E-state index in [0.29, 0.717) is 10.3 Å². The molecule has 0 aliphatic heterocycles. The minimum atomic E-state index is -0.121. The van der Waals surface area contributed by atoms with Crippen LogP contribution >= 0.6 is 23.5 Å². The van der Waals surface area contributed by atoms with E-state index in [2.05, 4.69) is 4.99 Å². The number of anilines is 1. The lowest BCUT2D eigenvalue weighted by Crippen LogP contribution is -2.35. The van der Waals surface area contributed by atoms with Crippen molar-refractivity contribution in [3.8, 4) is 6.19 Å². The van der Waals surface area contributed by atoms with E-state index in [1.807, 2.05) is 38.3 Å². The first-order valence-electron chi connectivity index (χ1n) is 6.54. The third kappa shape index (κ3) is 5.05. The molecule has 0 atom stereocenters. The summed E-state index contributed by atoms with van der Waals surface area (Å²) in [6.45, 7) is 3.95. The Bertz CT molecular complexity index is 577. The third-order valence-corrected chi connectivity index (χ3v) is 4.93. The number of benzene rings is 1. The number of amides is 1. The van der Waals surface area contributed by atoms with Gasteiger partial charge < -0.3 is 4.74 Å². The maximum atomic E-state index is 12.4. The molecule has 0 bridgehead atoms. The van der Waals surface area contributed by atoms with Gasteiger partial charge in [-0.25, -0.2) is 0 Å². The standard InChI is InChI=1S/C15H19N3O2S2/c1-11-6-5-7-12(2)14(11)18(13(19)8-20-3)10-22-15(21-4)17-9-16/h5-7H,8,10H2,1-4H3. The van der Waals surface area contributed by atoms with Crippen molar-refractivity contribution in [2.45, 2.75) is 13.8 Å². The summed E-state index contributed by atoms with van der Waals surface area (Å²) in [5, 5.41) is 8.67. The molecule has 0 aliphatic carbocycles. The van der Waals surface area contributed by atoms with Gasteiger partial charge in [0.25, 0.3) is 5.91 Å². The average molecular weight is 337 g/mol. The van der Waals surface area contributed by atoms with Crippen molar-refractivity contribution in [2.75, 3.05) is 30.7 Å². The van der Waals surface area contributed by atoms with Crippen molar-refractivity contribution >= 4 is 39.5 Å². The first-order valence-corrected chi connectivity index (χ1v) is 8.75. The van der Waals surface area contributed by atoms with Gasteiger partial charge in [-0.05, 0) is 31.2 Å². The Morgan fingerprint density at radius 2 is 2.05 bits per heavy atom. The molecule has 22 heavy (non-hydrogen) atoms. The van der Waals surface area contributed by atoms with Crippen LogP contribution in [0.3, 0.4) is 0 Å². The molecule has 7 heteroatoms. The molecule has 0 spiro atoms. The normalized spacial score (nSPS) is 11.1. The molecule has 0 radical (unpaired) electrons. The molecule has 118 valence electrons. The van der Waals surface area contributed by atoms with Crippen LogP contribution in [0, 0.1) is 25.3 Å². The zero-order valence-corrected chi connectivity index (χ0v) is 14.8. The number of thioether (sulfide) groups is 2.